The quantitative estimate of drug-likeness (QED) is 0.574. The molecule has 0 N–H and O–H groups in total. The molecule has 5 rings (SSSR count). The highest BCUT2D eigenvalue weighted by Gasteiger charge is 2.27. The third kappa shape index (κ3) is 4.25. The van der Waals surface area contributed by atoms with Gasteiger partial charge in [-0.2, -0.15) is 0 Å². The maximum atomic E-state index is 13.3. The number of hydrogen-bond donors (Lipinski definition) is 0. The largest absolute Gasteiger partial charge is 0.370 e. The number of nitrogens with zero attached hydrogens (tertiary/aromatic N) is 5. The number of fused-ring (bicyclic) bond motifs is 1. The zero-order valence-electron chi connectivity index (χ0n) is 20.8. The topological polar surface area (TPSA) is 73.1 Å². The summed E-state index contributed by atoms with van der Waals surface area (Å²) >= 11 is 0. The Labute approximate surface area is 200 Å². The van der Waals surface area contributed by atoms with Crippen LogP contribution in [0, 0.1) is 19.3 Å². The molecule has 0 unspecified atom stereocenters. The van der Waals surface area contributed by atoms with Crippen molar-refractivity contribution in [1.29, 1.82) is 0 Å². The van der Waals surface area contributed by atoms with E-state index in [9.17, 15) is 4.79 Å². The van der Waals surface area contributed by atoms with Crippen LogP contribution in [-0.2, 0) is 11.8 Å². The lowest BCUT2D eigenvalue weighted by atomic mass is 9.77. The summed E-state index contributed by atoms with van der Waals surface area (Å²) in [4.78, 5) is 29.8. The van der Waals surface area contributed by atoms with Crippen LogP contribution in [0.5, 0.6) is 0 Å². The molecule has 4 heterocycles. The number of aryl methyl sites for hydroxylation is 2. The molecule has 0 radical (unpaired) electrons. The molecule has 34 heavy (non-hydrogen) atoms. The van der Waals surface area contributed by atoms with Gasteiger partial charge in [0.15, 0.2) is 0 Å². The molecule has 1 saturated heterocycles. The molecule has 178 valence electrons. The Bertz CT molecular complexity index is 1340. The number of allylic oxidation sites excluding steroid dienone is 2. The van der Waals surface area contributed by atoms with Crippen LogP contribution in [0.1, 0.15) is 62.0 Å². The van der Waals surface area contributed by atoms with Gasteiger partial charge in [-0.1, -0.05) is 19.9 Å². The van der Waals surface area contributed by atoms with Crippen molar-refractivity contribution in [1.82, 2.24) is 19.5 Å². The average molecular weight is 460 g/mol. The van der Waals surface area contributed by atoms with Gasteiger partial charge in [0.1, 0.15) is 23.3 Å². The number of rotatable bonds is 3. The summed E-state index contributed by atoms with van der Waals surface area (Å²) in [6.45, 7) is 10.5. The van der Waals surface area contributed by atoms with E-state index in [0.717, 1.165) is 48.6 Å². The lowest BCUT2D eigenvalue weighted by molar-refractivity contribution is 0.0394. The van der Waals surface area contributed by atoms with Gasteiger partial charge in [0.2, 0.25) is 0 Å². The standard InChI is InChI=1S/C27H33N5O2/c1-17-14-20(8-11-28-17)22-16-32(12-13-34-22)23-15-21-25(29-18(2)31(5)26(21)33)24(30-23)19-6-9-27(3,4)10-7-19/h6,8,11,14-15,22H,7,9-10,12-13,16H2,1-5H3/t22-/m1/s1. The predicted octanol–water partition coefficient (Wildman–Crippen LogP) is 4.51. The Hall–Kier alpha value is -3.06. The van der Waals surface area contributed by atoms with Crippen LogP contribution in [0.15, 0.2) is 35.3 Å². The lowest BCUT2D eigenvalue weighted by Crippen LogP contribution is -2.39. The first-order valence-corrected chi connectivity index (χ1v) is 12.1. The summed E-state index contributed by atoms with van der Waals surface area (Å²) in [5, 5.41) is 0.627. The highest BCUT2D eigenvalue weighted by molar-refractivity contribution is 5.91. The molecule has 3 aromatic rings. The van der Waals surface area contributed by atoms with E-state index in [4.69, 9.17) is 14.7 Å². The Balaban J connectivity index is 1.60. The SMILES string of the molecule is Cc1cc([C@H]2CN(c3cc4c(=O)n(C)c(C)nc4c(C4=CCC(C)(C)CC4)n3)CCO2)ccn1. The number of pyridine rings is 2. The summed E-state index contributed by atoms with van der Waals surface area (Å²) in [6, 6.07) is 6.00. The van der Waals surface area contributed by atoms with Gasteiger partial charge in [-0.15, -0.1) is 0 Å². The maximum Gasteiger partial charge on any atom is 0.261 e. The molecule has 1 atom stereocenters. The van der Waals surface area contributed by atoms with E-state index >= 15 is 0 Å². The first-order chi connectivity index (χ1) is 16.2. The molecule has 3 aromatic heterocycles. The minimum atomic E-state index is -0.0648. The second-order valence-corrected chi connectivity index (χ2v) is 10.4. The van der Waals surface area contributed by atoms with Gasteiger partial charge >= 0.3 is 0 Å². The molecular formula is C27H33N5O2. The lowest BCUT2D eigenvalue weighted by Gasteiger charge is -2.34. The highest BCUT2D eigenvalue weighted by atomic mass is 16.5. The number of morpholine rings is 1. The van der Waals surface area contributed by atoms with Crippen LogP contribution < -0.4 is 10.5 Å². The second kappa shape index (κ2) is 8.62. The fourth-order valence-electron chi connectivity index (χ4n) is 4.87. The Morgan fingerprint density at radius 2 is 2.00 bits per heavy atom. The van der Waals surface area contributed by atoms with Crippen molar-refractivity contribution in [2.75, 3.05) is 24.6 Å². The normalized spacial score (nSPS) is 20.4. The van der Waals surface area contributed by atoms with Crippen LogP contribution in [0.4, 0.5) is 5.82 Å². The molecule has 1 fully saturated rings. The summed E-state index contributed by atoms with van der Waals surface area (Å²) in [6.07, 6.45) is 7.10. The predicted molar refractivity (Wildman–Crippen MR) is 135 cm³/mol. The number of hydrogen-bond acceptors (Lipinski definition) is 6. The molecule has 7 heteroatoms. The van der Waals surface area contributed by atoms with E-state index in [-0.39, 0.29) is 17.1 Å². The minimum absolute atomic E-state index is 0.0290. The van der Waals surface area contributed by atoms with Gasteiger partial charge in [-0.25, -0.2) is 9.97 Å². The zero-order chi connectivity index (χ0) is 24.0. The van der Waals surface area contributed by atoms with Crippen LogP contribution >= 0.6 is 0 Å². The zero-order valence-corrected chi connectivity index (χ0v) is 20.8. The van der Waals surface area contributed by atoms with E-state index in [2.05, 4.69) is 35.9 Å². The molecule has 0 amide bonds. The van der Waals surface area contributed by atoms with Gasteiger partial charge < -0.3 is 9.64 Å². The fraction of sp³-hybridized carbons (Fsp3) is 0.481. The number of ether oxygens (including phenoxy) is 1. The van der Waals surface area contributed by atoms with Crippen molar-refractivity contribution in [3.05, 3.63) is 63.6 Å². The molecule has 7 nitrogen and oxygen atoms in total. The molecule has 0 saturated carbocycles. The van der Waals surface area contributed by atoms with Crippen molar-refractivity contribution in [2.24, 2.45) is 12.5 Å². The van der Waals surface area contributed by atoms with E-state index in [1.165, 1.54) is 5.57 Å². The van der Waals surface area contributed by atoms with Crippen LogP contribution in [0.25, 0.3) is 16.5 Å². The molecule has 1 aliphatic heterocycles. The Kier molecular flexibility index (Phi) is 5.76. The van der Waals surface area contributed by atoms with Crippen molar-refractivity contribution in [3.8, 4) is 0 Å². The van der Waals surface area contributed by atoms with Crippen molar-refractivity contribution >= 4 is 22.3 Å². The molecule has 1 aliphatic carbocycles. The first-order valence-electron chi connectivity index (χ1n) is 12.1. The summed E-state index contributed by atoms with van der Waals surface area (Å²) in [5.41, 5.74) is 5.11. The number of anilines is 1. The summed E-state index contributed by atoms with van der Waals surface area (Å²) in [5.74, 6) is 1.51. The van der Waals surface area contributed by atoms with Gasteiger partial charge in [0.05, 0.1) is 17.7 Å². The third-order valence-electron chi connectivity index (χ3n) is 7.23. The Morgan fingerprint density at radius 1 is 1.18 bits per heavy atom. The second-order valence-electron chi connectivity index (χ2n) is 10.4. The van der Waals surface area contributed by atoms with Gasteiger partial charge in [0, 0.05) is 32.0 Å². The van der Waals surface area contributed by atoms with Gasteiger partial charge in [-0.3, -0.25) is 14.3 Å². The van der Waals surface area contributed by atoms with Crippen molar-refractivity contribution in [2.45, 2.75) is 53.1 Å². The third-order valence-corrected chi connectivity index (χ3v) is 7.23. The smallest absolute Gasteiger partial charge is 0.261 e. The Morgan fingerprint density at radius 3 is 2.74 bits per heavy atom. The van der Waals surface area contributed by atoms with Crippen molar-refractivity contribution < 1.29 is 4.74 Å². The van der Waals surface area contributed by atoms with E-state index in [1.807, 2.05) is 32.2 Å². The van der Waals surface area contributed by atoms with Crippen LogP contribution in [0.2, 0.25) is 0 Å². The molecule has 0 aromatic carbocycles. The van der Waals surface area contributed by atoms with Crippen LogP contribution in [0.3, 0.4) is 0 Å². The number of aromatic nitrogens is 4. The first kappa shape index (κ1) is 22.7. The van der Waals surface area contributed by atoms with Gasteiger partial charge in [-0.05, 0) is 67.9 Å². The van der Waals surface area contributed by atoms with E-state index in [1.54, 1.807) is 11.6 Å². The molecule has 0 spiro atoms. The van der Waals surface area contributed by atoms with Crippen molar-refractivity contribution in [3.63, 3.8) is 0 Å². The monoisotopic (exact) mass is 459 g/mol. The molecule has 2 aliphatic rings. The van der Waals surface area contributed by atoms with E-state index in [0.29, 0.717) is 29.9 Å². The minimum Gasteiger partial charge on any atom is -0.370 e. The molecule has 0 bridgehead atoms. The molecular weight excluding hydrogens is 426 g/mol. The van der Waals surface area contributed by atoms with Gasteiger partial charge in [0.25, 0.3) is 5.56 Å². The summed E-state index contributed by atoms with van der Waals surface area (Å²) in [7, 11) is 1.78. The highest BCUT2D eigenvalue weighted by Crippen LogP contribution is 2.39. The maximum absolute atomic E-state index is 13.3. The summed E-state index contributed by atoms with van der Waals surface area (Å²) < 4.78 is 7.72. The average Bonchev–Trinajstić information content (AvgIpc) is 2.82. The fourth-order valence-corrected chi connectivity index (χ4v) is 4.87. The van der Waals surface area contributed by atoms with Crippen LogP contribution in [-0.4, -0.2) is 39.2 Å². The van der Waals surface area contributed by atoms with E-state index < -0.39 is 0 Å².